The summed E-state index contributed by atoms with van der Waals surface area (Å²) in [5.74, 6) is -1.13. The van der Waals surface area contributed by atoms with Gasteiger partial charge in [-0.15, -0.1) is 0 Å². The van der Waals surface area contributed by atoms with Crippen molar-refractivity contribution in [3.05, 3.63) is 33.8 Å². The van der Waals surface area contributed by atoms with Crippen molar-refractivity contribution in [2.45, 2.75) is 51.5 Å². The molecule has 0 bridgehead atoms. The third-order valence-corrected chi connectivity index (χ3v) is 3.68. The second-order valence-corrected chi connectivity index (χ2v) is 5.42. The molecule has 1 nitrogen and oxygen atoms in total. The minimum Gasteiger partial charge on any atom is -0.324 e. The fourth-order valence-corrected chi connectivity index (χ4v) is 2.34. The number of halogens is 3. The standard InChI is InChI=1S/C14H20BrF2N/c1-2-3-4-5-6-7-12(18)13-11(16)9-8-10(15)14(13)17/h8-9,12H,2-7,18H2,1H3. The van der Waals surface area contributed by atoms with E-state index in [0.29, 0.717) is 6.42 Å². The minimum absolute atomic E-state index is 0.000124. The first kappa shape index (κ1) is 15.6. The van der Waals surface area contributed by atoms with Crippen LogP contribution in [0.2, 0.25) is 0 Å². The van der Waals surface area contributed by atoms with Crippen LogP contribution in [0.5, 0.6) is 0 Å². The summed E-state index contributed by atoms with van der Waals surface area (Å²) in [7, 11) is 0. The van der Waals surface area contributed by atoms with Crippen LogP contribution >= 0.6 is 15.9 Å². The lowest BCUT2D eigenvalue weighted by Crippen LogP contribution is -2.14. The number of nitrogens with two attached hydrogens (primary N) is 1. The van der Waals surface area contributed by atoms with Gasteiger partial charge in [0.2, 0.25) is 0 Å². The molecule has 102 valence electrons. The highest BCUT2D eigenvalue weighted by Crippen LogP contribution is 2.28. The highest BCUT2D eigenvalue weighted by molar-refractivity contribution is 9.10. The van der Waals surface area contributed by atoms with Crippen molar-refractivity contribution in [1.29, 1.82) is 0 Å². The van der Waals surface area contributed by atoms with E-state index in [0.717, 1.165) is 19.3 Å². The van der Waals surface area contributed by atoms with Gasteiger partial charge in [-0.05, 0) is 34.5 Å². The molecule has 0 radical (unpaired) electrons. The van der Waals surface area contributed by atoms with E-state index in [9.17, 15) is 8.78 Å². The molecule has 1 rings (SSSR count). The van der Waals surface area contributed by atoms with E-state index >= 15 is 0 Å². The smallest absolute Gasteiger partial charge is 0.145 e. The zero-order valence-electron chi connectivity index (χ0n) is 10.7. The molecule has 0 amide bonds. The van der Waals surface area contributed by atoms with Gasteiger partial charge in [0.25, 0.3) is 0 Å². The molecule has 0 aliphatic heterocycles. The van der Waals surface area contributed by atoms with Gasteiger partial charge in [0.15, 0.2) is 0 Å². The Balaban J connectivity index is 2.56. The van der Waals surface area contributed by atoms with E-state index in [4.69, 9.17) is 5.73 Å². The van der Waals surface area contributed by atoms with Crippen LogP contribution in [0.25, 0.3) is 0 Å². The SMILES string of the molecule is CCCCCCCC(N)c1c(F)ccc(Br)c1F. The van der Waals surface area contributed by atoms with Gasteiger partial charge in [-0.2, -0.15) is 0 Å². The highest BCUT2D eigenvalue weighted by atomic mass is 79.9. The third kappa shape index (κ3) is 4.32. The fourth-order valence-electron chi connectivity index (χ4n) is 1.99. The molecule has 0 saturated carbocycles. The Morgan fingerprint density at radius 3 is 2.50 bits per heavy atom. The van der Waals surface area contributed by atoms with Crippen molar-refractivity contribution < 1.29 is 8.78 Å². The van der Waals surface area contributed by atoms with E-state index in [-0.39, 0.29) is 10.0 Å². The summed E-state index contributed by atoms with van der Waals surface area (Å²) in [5, 5.41) is 0. The van der Waals surface area contributed by atoms with Crippen molar-refractivity contribution in [1.82, 2.24) is 0 Å². The molecular weight excluding hydrogens is 300 g/mol. The Morgan fingerprint density at radius 2 is 1.83 bits per heavy atom. The number of hydrogen-bond acceptors (Lipinski definition) is 1. The third-order valence-electron chi connectivity index (χ3n) is 3.07. The molecule has 1 aromatic carbocycles. The van der Waals surface area contributed by atoms with Gasteiger partial charge < -0.3 is 5.73 Å². The molecule has 0 heterocycles. The molecule has 2 N–H and O–H groups in total. The van der Waals surface area contributed by atoms with E-state index in [1.807, 2.05) is 0 Å². The van der Waals surface area contributed by atoms with Gasteiger partial charge in [0, 0.05) is 11.6 Å². The van der Waals surface area contributed by atoms with Crippen LogP contribution in [0.1, 0.15) is 57.1 Å². The molecule has 0 aromatic heterocycles. The lowest BCUT2D eigenvalue weighted by atomic mass is 9.99. The molecule has 18 heavy (non-hydrogen) atoms. The minimum atomic E-state index is -0.573. The Kier molecular flexibility index (Phi) is 6.79. The van der Waals surface area contributed by atoms with Crippen LogP contribution in [0.15, 0.2) is 16.6 Å². The molecule has 0 aliphatic carbocycles. The van der Waals surface area contributed by atoms with Crippen molar-refractivity contribution in [2.75, 3.05) is 0 Å². The van der Waals surface area contributed by atoms with Gasteiger partial charge >= 0.3 is 0 Å². The second kappa shape index (κ2) is 7.85. The van der Waals surface area contributed by atoms with Crippen LogP contribution in [-0.4, -0.2) is 0 Å². The topological polar surface area (TPSA) is 26.0 Å². The second-order valence-electron chi connectivity index (χ2n) is 4.57. The van der Waals surface area contributed by atoms with Crippen LogP contribution in [0.3, 0.4) is 0 Å². The summed E-state index contributed by atoms with van der Waals surface area (Å²) >= 11 is 3.05. The Labute approximate surface area is 116 Å². The molecule has 0 spiro atoms. The molecule has 1 unspecified atom stereocenters. The Morgan fingerprint density at radius 1 is 1.17 bits per heavy atom. The highest BCUT2D eigenvalue weighted by Gasteiger charge is 2.18. The molecule has 4 heteroatoms. The van der Waals surface area contributed by atoms with Crippen molar-refractivity contribution >= 4 is 15.9 Å². The summed E-state index contributed by atoms with van der Waals surface area (Å²) < 4.78 is 27.6. The van der Waals surface area contributed by atoms with E-state index < -0.39 is 17.7 Å². The predicted octanol–water partition coefficient (Wildman–Crippen LogP) is 5.09. The van der Waals surface area contributed by atoms with Gasteiger partial charge in [-0.1, -0.05) is 39.0 Å². The van der Waals surface area contributed by atoms with Gasteiger partial charge in [0.05, 0.1) is 4.47 Å². The first-order valence-electron chi connectivity index (χ1n) is 6.46. The van der Waals surface area contributed by atoms with Crippen molar-refractivity contribution in [3.8, 4) is 0 Å². The van der Waals surface area contributed by atoms with Crippen LogP contribution in [0.4, 0.5) is 8.78 Å². The summed E-state index contributed by atoms with van der Waals surface area (Å²) in [6.07, 6.45) is 6.14. The number of benzene rings is 1. The van der Waals surface area contributed by atoms with Crippen LogP contribution in [-0.2, 0) is 0 Å². The Hall–Kier alpha value is -0.480. The molecule has 1 atom stereocenters. The summed E-state index contributed by atoms with van der Waals surface area (Å²) in [5.41, 5.74) is 5.88. The average molecular weight is 320 g/mol. The van der Waals surface area contributed by atoms with Crippen molar-refractivity contribution in [2.24, 2.45) is 5.73 Å². The van der Waals surface area contributed by atoms with E-state index in [1.54, 1.807) is 0 Å². The summed E-state index contributed by atoms with van der Waals surface area (Å²) in [6.45, 7) is 2.15. The van der Waals surface area contributed by atoms with Crippen molar-refractivity contribution in [3.63, 3.8) is 0 Å². The summed E-state index contributed by atoms with van der Waals surface area (Å²) in [6, 6.07) is 2.05. The molecule has 0 aliphatic rings. The molecule has 0 saturated heterocycles. The zero-order chi connectivity index (χ0) is 13.5. The van der Waals surface area contributed by atoms with Gasteiger partial charge in [-0.3, -0.25) is 0 Å². The molecule has 1 aromatic rings. The molecule has 0 fully saturated rings. The zero-order valence-corrected chi connectivity index (χ0v) is 12.3. The fraction of sp³-hybridized carbons (Fsp3) is 0.571. The maximum absolute atomic E-state index is 13.8. The monoisotopic (exact) mass is 319 g/mol. The lowest BCUT2D eigenvalue weighted by molar-refractivity contribution is 0.490. The van der Waals surface area contributed by atoms with E-state index in [2.05, 4.69) is 22.9 Å². The maximum atomic E-state index is 13.8. The largest absolute Gasteiger partial charge is 0.324 e. The normalized spacial score (nSPS) is 12.7. The van der Waals surface area contributed by atoms with Gasteiger partial charge in [-0.25, -0.2) is 8.78 Å². The first-order chi connectivity index (χ1) is 8.57. The van der Waals surface area contributed by atoms with E-state index in [1.165, 1.54) is 25.0 Å². The number of unbranched alkanes of at least 4 members (excludes halogenated alkanes) is 4. The average Bonchev–Trinajstić information content (AvgIpc) is 2.34. The lowest BCUT2D eigenvalue weighted by Gasteiger charge is -2.14. The quantitative estimate of drug-likeness (QED) is 0.550. The Bertz CT molecular complexity index is 382. The number of hydrogen-bond donors (Lipinski definition) is 1. The van der Waals surface area contributed by atoms with Gasteiger partial charge in [0.1, 0.15) is 11.6 Å². The number of rotatable bonds is 7. The molecular formula is C14H20BrF2N. The van der Waals surface area contributed by atoms with Crippen LogP contribution < -0.4 is 5.73 Å². The predicted molar refractivity (Wildman–Crippen MR) is 74.4 cm³/mol. The first-order valence-corrected chi connectivity index (χ1v) is 7.26. The summed E-state index contributed by atoms with van der Waals surface area (Å²) in [4.78, 5) is 0. The van der Waals surface area contributed by atoms with Crippen LogP contribution in [0, 0.1) is 11.6 Å². The maximum Gasteiger partial charge on any atom is 0.145 e.